The molecule has 0 bridgehead atoms. The molecule has 2 amide bonds. The summed E-state index contributed by atoms with van der Waals surface area (Å²) < 4.78 is 0. The van der Waals surface area contributed by atoms with E-state index in [4.69, 9.17) is 0 Å². The molecule has 21 heavy (non-hydrogen) atoms. The van der Waals surface area contributed by atoms with Gasteiger partial charge in [-0.3, -0.25) is 14.4 Å². The van der Waals surface area contributed by atoms with Crippen LogP contribution in [0.4, 0.5) is 11.4 Å². The van der Waals surface area contributed by atoms with Crippen LogP contribution in [0, 0.1) is 6.92 Å². The van der Waals surface area contributed by atoms with Crippen molar-refractivity contribution in [3.8, 4) is 0 Å². The predicted molar refractivity (Wildman–Crippen MR) is 78.3 cm³/mol. The van der Waals surface area contributed by atoms with Gasteiger partial charge in [-0.2, -0.15) is 0 Å². The number of anilines is 2. The molecule has 0 atom stereocenters. The molecule has 0 unspecified atom stereocenters. The van der Waals surface area contributed by atoms with Crippen molar-refractivity contribution in [3.63, 3.8) is 0 Å². The quantitative estimate of drug-likeness (QED) is 0.790. The Bertz CT molecular complexity index is 752. The van der Waals surface area contributed by atoms with Gasteiger partial charge in [-0.05, 0) is 25.1 Å². The van der Waals surface area contributed by atoms with Crippen LogP contribution in [-0.4, -0.2) is 21.8 Å². The molecule has 2 rings (SSSR count). The molecule has 0 radical (unpaired) electrons. The number of nitrogens with one attached hydrogen (secondary N) is 3. The molecule has 0 aliphatic rings. The molecule has 2 aromatic rings. The van der Waals surface area contributed by atoms with Crippen molar-refractivity contribution < 1.29 is 9.59 Å². The summed E-state index contributed by atoms with van der Waals surface area (Å²) in [5.41, 5.74) is 0.436. The molecule has 1 aromatic heterocycles. The van der Waals surface area contributed by atoms with Crippen molar-refractivity contribution in [1.82, 2.24) is 9.97 Å². The Morgan fingerprint density at radius 1 is 1.19 bits per heavy atom. The van der Waals surface area contributed by atoms with Crippen LogP contribution in [-0.2, 0) is 4.79 Å². The summed E-state index contributed by atoms with van der Waals surface area (Å²) >= 11 is 0. The number of carbonyl (C=O) groups is 2. The summed E-state index contributed by atoms with van der Waals surface area (Å²) in [6, 6.07) is 6.62. The molecule has 0 fully saturated rings. The third-order valence-corrected chi connectivity index (χ3v) is 2.61. The van der Waals surface area contributed by atoms with Crippen LogP contribution in [0.5, 0.6) is 0 Å². The van der Waals surface area contributed by atoms with Crippen LogP contribution in [0.25, 0.3) is 0 Å². The molecular formula is C14H14N4O3. The highest BCUT2D eigenvalue weighted by Crippen LogP contribution is 2.15. The summed E-state index contributed by atoms with van der Waals surface area (Å²) in [6.07, 6.45) is 1.22. The number of benzene rings is 1. The van der Waals surface area contributed by atoms with Gasteiger partial charge in [0.25, 0.3) is 11.5 Å². The summed E-state index contributed by atoms with van der Waals surface area (Å²) in [5, 5.41) is 5.19. The number of amides is 2. The Hall–Kier alpha value is -2.96. The van der Waals surface area contributed by atoms with E-state index in [2.05, 4.69) is 20.6 Å². The highest BCUT2D eigenvalue weighted by molar-refractivity contribution is 6.04. The first kappa shape index (κ1) is 14.4. The third-order valence-electron chi connectivity index (χ3n) is 2.61. The number of carbonyl (C=O) groups excluding carboxylic acids is 2. The fourth-order valence-corrected chi connectivity index (χ4v) is 1.72. The maximum atomic E-state index is 12.0. The number of nitrogens with zero attached hydrogens (tertiary/aromatic N) is 1. The third kappa shape index (κ3) is 3.75. The van der Waals surface area contributed by atoms with Crippen LogP contribution < -0.4 is 16.2 Å². The molecule has 0 saturated carbocycles. The predicted octanol–water partition coefficient (Wildman–Crippen LogP) is 1.29. The lowest BCUT2D eigenvalue weighted by Gasteiger charge is -2.07. The molecule has 7 nitrogen and oxygen atoms in total. The van der Waals surface area contributed by atoms with Gasteiger partial charge in [0, 0.05) is 24.5 Å². The average molecular weight is 286 g/mol. The van der Waals surface area contributed by atoms with Crippen molar-refractivity contribution in [1.29, 1.82) is 0 Å². The molecule has 1 aromatic carbocycles. The Morgan fingerprint density at radius 3 is 2.48 bits per heavy atom. The zero-order chi connectivity index (χ0) is 15.4. The minimum absolute atomic E-state index is 0.0782. The molecule has 108 valence electrons. The fraction of sp³-hybridized carbons (Fsp3) is 0.143. The van der Waals surface area contributed by atoms with E-state index in [0.29, 0.717) is 17.2 Å². The molecule has 7 heteroatoms. The van der Waals surface area contributed by atoms with E-state index >= 15 is 0 Å². The minimum atomic E-state index is -0.566. The lowest BCUT2D eigenvalue weighted by Crippen LogP contribution is -2.24. The monoisotopic (exact) mass is 286 g/mol. The van der Waals surface area contributed by atoms with Gasteiger partial charge in [0.2, 0.25) is 5.91 Å². The zero-order valence-corrected chi connectivity index (χ0v) is 11.6. The van der Waals surface area contributed by atoms with E-state index in [0.717, 1.165) is 0 Å². The molecule has 0 aliphatic heterocycles. The maximum absolute atomic E-state index is 12.0. The van der Waals surface area contributed by atoms with Gasteiger partial charge >= 0.3 is 0 Å². The fourth-order valence-electron chi connectivity index (χ4n) is 1.72. The summed E-state index contributed by atoms with van der Waals surface area (Å²) in [4.78, 5) is 41.0. The molecule has 3 N–H and O–H groups in total. The SMILES string of the molecule is CC(=O)Nc1cccc(NC(=O)c2cnc(C)[nH]c2=O)c1. The summed E-state index contributed by atoms with van der Waals surface area (Å²) in [6.45, 7) is 3.02. The van der Waals surface area contributed by atoms with Crippen LogP contribution in [0.1, 0.15) is 23.1 Å². The Kier molecular flexibility index (Phi) is 4.13. The second-order valence-corrected chi connectivity index (χ2v) is 4.43. The Morgan fingerprint density at radius 2 is 1.86 bits per heavy atom. The van der Waals surface area contributed by atoms with Crippen molar-refractivity contribution in [2.75, 3.05) is 10.6 Å². The average Bonchev–Trinajstić information content (AvgIpc) is 2.37. The van der Waals surface area contributed by atoms with E-state index in [1.165, 1.54) is 13.1 Å². The highest BCUT2D eigenvalue weighted by atomic mass is 16.2. The second-order valence-electron chi connectivity index (χ2n) is 4.43. The van der Waals surface area contributed by atoms with Crippen LogP contribution in [0.3, 0.4) is 0 Å². The van der Waals surface area contributed by atoms with Gasteiger partial charge in [0.05, 0.1) is 0 Å². The number of hydrogen-bond acceptors (Lipinski definition) is 4. The van der Waals surface area contributed by atoms with Gasteiger partial charge in [-0.1, -0.05) is 6.07 Å². The smallest absolute Gasteiger partial charge is 0.263 e. The lowest BCUT2D eigenvalue weighted by atomic mass is 10.2. The van der Waals surface area contributed by atoms with Crippen molar-refractivity contribution in [2.24, 2.45) is 0 Å². The van der Waals surface area contributed by atoms with E-state index in [-0.39, 0.29) is 11.5 Å². The van der Waals surface area contributed by atoms with Gasteiger partial charge in [-0.15, -0.1) is 0 Å². The largest absolute Gasteiger partial charge is 0.326 e. The number of aromatic amines is 1. The number of rotatable bonds is 3. The second kappa shape index (κ2) is 6.00. The van der Waals surface area contributed by atoms with Crippen molar-refractivity contribution in [2.45, 2.75) is 13.8 Å². The Labute approximate surface area is 120 Å². The van der Waals surface area contributed by atoms with Gasteiger partial charge in [-0.25, -0.2) is 4.98 Å². The molecule has 1 heterocycles. The first-order valence-electron chi connectivity index (χ1n) is 6.20. The van der Waals surface area contributed by atoms with Crippen LogP contribution in [0.2, 0.25) is 0 Å². The first-order chi connectivity index (χ1) is 9.95. The van der Waals surface area contributed by atoms with Crippen LogP contribution in [0.15, 0.2) is 35.3 Å². The maximum Gasteiger partial charge on any atom is 0.263 e. The molecule has 0 aliphatic carbocycles. The van der Waals surface area contributed by atoms with Gasteiger partial charge in [0.15, 0.2) is 0 Å². The Balaban J connectivity index is 2.19. The van der Waals surface area contributed by atoms with Gasteiger partial charge in [0.1, 0.15) is 11.4 Å². The summed E-state index contributed by atoms with van der Waals surface area (Å²) in [7, 11) is 0. The van der Waals surface area contributed by atoms with E-state index in [9.17, 15) is 14.4 Å². The van der Waals surface area contributed by atoms with Crippen molar-refractivity contribution >= 4 is 23.2 Å². The van der Waals surface area contributed by atoms with E-state index < -0.39 is 11.5 Å². The lowest BCUT2D eigenvalue weighted by molar-refractivity contribution is -0.114. The van der Waals surface area contributed by atoms with E-state index in [1.807, 2.05) is 0 Å². The topological polar surface area (TPSA) is 104 Å². The number of aryl methyl sites for hydroxylation is 1. The van der Waals surface area contributed by atoms with Crippen molar-refractivity contribution in [3.05, 3.63) is 52.2 Å². The summed E-state index contributed by atoms with van der Waals surface area (Å²) in [5.74, 6) is -0.342. The number of H-pyrrole nitrogens is 1. The van der Waals surface area contributed by atoms with Crippen LogP contribution >= 0.6 is 0 Å². The molecule has 0 spiro atoms. The van der Waals surface area contributed by atoms with Gasteiger partial charge < -0.3 is 15.6 Å². The number of aromatic nitrogens is 2. The highest BCUT2D eigenvalue weighted by Gasteiger charge is 2.11. The number of hydrogen-bond donors (Lipinski definition) is 3. The zero-order valence-electron chi connectivity index (χ0n) is 11.6. The normalized spacial score (nSPS) is 10.0. The molecular weight excluding hydrogens is 272 g/mol. The molecule has 0 saturated heterocycles. The van der Waals surface area contributed by atoms with E-state index in [1.54, 1.807) is 31.2 Å². The standard InChI is InChI=1S/C14H14N4O3/c1-8-15-7-12(13(20)16-8)14(21)18-11-5-3-4-10(6-11)17-9(2)19/h3-7H,1-2H3,(H,17,19)(H,18,21)(H,15,16,20). The first-order valence-corrected chi connectivity index (χ1v) is 6.20. The minimum Gasteiger partial charge on any atom is -0.326 e.